The number of rotatable bonds is 7. The molecule has 0 saturated carbocycles. The Hall–Kier alpha value is -2.18. The highest BCUT2D eigenvalue weighted by Gasteiger charge is 2.09. The lowest BCUT2D eigenvalue weighted by molar-refractivity contribution is -0.121. The number of nitrogens with one attached hydrogen (secondary N) is 1. The molecule has 0 aliphatic carbocycles. The standard InChI is InChI=1S/C19H22BrN3O2/c1-23(2)17-9-8-14(12-16(17)20)13-21-22-19(25)11-10-18(24)15-6-4-3-5-7-15/h3-9,12-13,18,24H,10-11H2,1-2H3,(H,22,25)/b21-13-/t18-/m0/s1. The molecular formula is C19H22BrN3O2. The lowest BCUT2D eigenvalue weighted by atomic mass is 10.1. The normalized spacial score (nSPS) is 12.2. The van der Waals surface area contributed by atoms with E-state index in [-0.39, 0.29) is 12.3 Å². The maximum absolute atomic E-state index is 11.8. The first-order valence-electron chi connectivity index (χ1n) is 7.99. The third kappa shape index (κ3) is 5.99. The lowest BCUT2D eigenvalue weighted by Crippen LogP contribution is -2.18. The highest BCUT2D eigenvalue weighted by Crippen LogP contribution is 2.25. The van der Waals surface area contributed by atoms with Gasteiger partial charge in [-0.25, -0.2) is 5.43 Å². The SMILES string of the molecule is CN(C)c1ccc(/C=N\NC(=O)CC[C@H](O)c2ccccc2)cc1Br. The first-order chi connectivity index (χ1) is 12.0. The van der Waals surface area contributed by atoms with E-state index in [9.17, 15) is 9.90 Å². The zero-order valence-corrected chi connectivity index (χ0v) is 15.9. The van der Waals surface area contributed by atoms with E-state index >= 15 is 0 Å². The lowest BCUT2D eigenvalue weighted by Gasteiger charge is -2.14. The number of amides is 1. The number of carbonyl (C=O) groups excluding carboxylic acids is 1. The molecule has 0 saturated heterocycles. The smallest absolute Gasteiger partial charge is 0.240 e. The average Bonchev–Trinajstić information content (AvgIpc) is 2.60. The molecule has 1 atom stereocenters. The molecule has 2 aromatic carbocycles. The van der Waals surface area contributed by atoms with Crippen molar-refractivity contribution >= 4 is 33.7 Å². The zero-order chi connectivity index (χ0) is 18.2. The molecule has 1 amide bonds. The summed E-state index contributed by atoms with van der Waals surface area (Å²) >= 11 is 3.51. The third-order valence-electron chi connectivity index (χ3n) is 3.69. The number of halogens is 1. The monoisotopic (exact) mass is 403 g/mol. The average molecular weight is 404 g/mol. The van der Waals surface area contributed by atoms with E-state index in [1.54, 1.807) is 6.21 Å². The van der Waals surface area contributed by atoms with Crippen LogP contribution in [0.4, 0.5) is 5.69 Å². The summed E-state index contributed by atoms with van der Waals surface area (Å²) in [6.07, 6.45) is 1.51. The van der Waals surface area contributed by atoms with Gasteiger partial charge in [-0.2, -0.15) is 5.10 Å². The molecule has 0 aliphatic rings. The molecule has 0 aromatic heterocycles. The van der Waals surface area contributed by atoms with E-state index in [1.807, 2.05) is 67.5 Å². The van der Waals surface area contributed by atoms with Gasteiger partial charge in [0.15, 0.2) is 0 Å². The first-order valence-corrected chi connectivity index (χ1v) is 8.78. The van der Waals surface area contributed by atoms with Crippen molar-refractivity contribution in [3.05, 3.63) is 64.1 Å². The maximum Gasteiger partial charge on any atom is 0.240 e. The fourth-order valence-corrected chi connectivity index (χ4v) is 3.06. The number of aliphatic hydroxyl groups excluding tert-OH is 1. The van der Waals surface area contributed by atoms with Crippen molar-refractivity contribution in [1.82, 2.24) is 5.43 Å². The van der Waals surface area contributed by atoms with E-state index in [1.165, 1.54) is 0 Å². The number of hydrazone groups is 1. The highest BCUT2D eigenvalue weighted by atomic mass is 79.9. The zero-order valence-electron chi connectivity index (χ0n) is 14.3. The minimum absolute atomic E-state index is 0.205. The summed E-state index contributed by atoms with van der Waals surface area (Å²) in [6.45, 7) is 0. The van der Waals surface area contributed by atoms with Crippen molar-refractivity contribution in [3.63, 3.8) is 0 Å². The quantitative estimate of drug-likeness (QED) is 0.549. The predicted octanol–water partition coefficient (Wildman–Crippen LogP) is 3.48. The summed E-state index contributed by atoms with van der Waals surface area (Å²) in [7, 11) is 3.94. The molecule has 2 aromatic rings. The molecular weight excluding hydrogens is 382 g/mol. The second-order valence-corrected chi connectivity index (χ2v) is 6.72. The number of anilines is 1. The van der Waals surface area contributed by atoms with Crippen LogP contribution in [0.5, 0.6) is 0 Å². The molecule has 0 heterocycles. The molecule has 0 spiro atoms. The summed E-state index contributed by atoms with van der Waals surface area (Å²) in [4.78, 5) is 13.8. The van der Waals surface area contributed by atoms with E-state index in [4.69, 9.17) is 0 Å². The molecule has 132 valence electrons. The van der Waals surface area contributed by atoms with Crippen LogP contribution in [-0.4, -0.2) is 31.3 Å². The molecule has 0 bridgehead atoms. The molecule has 0 fully saturated rings. The van der Waals surface area contributed by atoms with Crippen molar-refractivity contribution in [2.24, 2.45) is 5.10 Å². The highest BCUT2D eigenvalue weighted by molar-refractivity contribution is 9.10. The van der Waals surface area contributed by atoms with Crippen molar-refractivity contribution in [2.75, 3.05) is 19.0 Å². The van der Waals surface area contributed by atoms with Crippen molar-refractivity contribution < 1.29 is 9.90 Å². The van der Waals surface area contributed by atoms with Crippen LogP contribution in [0, 0.1) is 0 Å². The Labute approximate surface area is 156 Å². The van der Waals surface area contributed by atoms with E-state index in [0.717, 1.165) is 21.3 Å². The number of hydrogen-bond donors (Lipinski definition) is 2. The Balaban J connectivity index is 1.81. The summed E-state index contributed by atoms with van der Waals surface area (Å²) < 4.78 is 0.957. The summed E-state index contributed by atoms with van der Waals surface area (Å²) in [5.74, 6) is -0.227. The largest absolute Gasteiger partial charge is 0.388 e. The topological polar surface area (TPSA) is 64.9 Å². The van der Waals surface area contributed by atoms with Gasteiger partial charge < -0.3 is 10.0 Å². The second kappa shape index (κ2) is 9.34. The van der Waals surface area contributed by atoms with Gasteiger partial charge in [-0.1, -0.05) is 36.4 Å². The summed E-state index contributed by atoms with van der Waals surface area (Å²) in [5.41, 5.74) is 5.24. The van der Waals surface area contributed by atoms with E-state index < -0.39 is 6.10 Å². The number of hydrogen-bond acceptors (Lipinski definition) is 4. The van der Waals surface area contributed by atoms with Crippen molar-refractivity contribution in [2.45, 2.75) is 18.9 Å². The Morgan fingerprint density at radius 3 is 2.64 bits per heavy atom. The van der Waals surface area contributed by atoms with Crippen LogP contribution >= 0.6 is 15.9 Å². The van der Waals surface area contributed by atoms with Crippen LogP contribution in [0.15, 0.2) is 58.1 Å². The molecule has 5 nitrogen and oxygen atoms in total. The van der Waals surface area contributed by atoms with Crippen LogP contribution in [0.2, 0.25) is 0 Å². The van der Waals surface area contributed by atoms with Crippen LogP contribution in [0.3, 0.4) is 0 Å². The van der Waals surface area contributed by atoms with E-state index in [0.29, 0.717) is 6.42 Å². The number of nitrogens with zero attached hydrogens (tertiary/aromatic N) is 2. The van der Waals surface area contributed by atoms with Gasteiger partial charge in [-0.3, -0.25) is 4.79 Å². The number of aliphatic hydroxyl groups is 1. The van der Waals surface area contributed by atoms with Gasteiger partial charge in [0.2, 0.25) is 5.91 Å². The molecule has 0 unspecified atom stereocenters. The van der Waals surface area contributed by atoms with Crippen LogP contribution in [-0.2, 0) is 4.79 Å². The Bertz CT molecular complexity index is 733. The molecule has 6 heteroatoms. The Kier molecular flexibility index (Phi) is 7.16. The fraction of sp³-hybridized carbons (Fsp3) is 0.263. The molecule has 2 rings (SSSR count). The van der Waals surface area contributed by atoms with Crippen LogP contribution < -0.4 is 10.3 Å². The van der Waals surface area contributed by atoms with Gasteiger partial charge in [-0.05, 0) is 45.6 Å². The summed E-state index contributed by atoms with van der Waals surface area (Å²) in [6, 6.07) is 15.1. The van der Waals surface area contributed by atoms with Gasteiger partial charge >= 0.3 is 0 Å². The molecule has 2 N–H and O–H groups in total. The minimum Gasteiger partial charge on any atom is -0.388 e. The van der Waals surface area contributed by atoms with Crippen LogP contribution in [0.25, 0.3) is 0 Å². The fourth-order valence-electron chi connectivity index (χ4n) is 2.31. The van der Waals surface area contributed by atoms with Crippen molar-refractivity contribution in [3.8, 4) is 0 Å². The predicted molar refractivity (Wildman–Crippen MR) is 105 cm³/mol. The summed E-state index contributed by atoms with van der Waals surface area (Å²) in [5, 5.41) is 14.0. The first kappa shape index (κ1) is 19.1. The van der Waals surface area contributed by atoms with Gasteiger partial charge in [0.05, 0.1) is 18.0 Å². The molecule has 0 aliphatic heterocycles. The van der Waals surface area contributed by atoms with E-state index in [2.05, 4.69) is 26.5 Å². The molecule has 25 heavy (non-hydrogen) atoms. The van der Waals surface area contributed by atoms with Crippen LogP contribution in [0.1, 0.15) is 30.1 Å². The third-order valence-corrected chi connectivity index (χ3v) is 4.32. The second-order valence-electron chi connectivity index (χ2n) is 5.86. The number of carbonyl (C=O) groups is 1. The van der Waals surface area contributed by atoms with Gasteiger partial charge in [0.1, 0.15) is 0 Å². The maximum atomic E-state index is 11.8. The minimum atomic E-state index is -0.648. The van der Waals surface area contributed by atoms with Gasteiger partial charge in [0, 0.05) is 25.0 Å². The van der Waals surface area contributed by atoms with Gasteiger partial charge in [0.25, 0.3) is 0 Å². The van der Waals surface area contributed by atoms with Crippen molar-refractivity contribution in [1.29, 1.82) is 0 Å². The Morgan fingerprint density at radius 1 is 1.28 bits per heavy atom. The van der Waals surface area contributed by atoms with Gasteiger partial charge in [-0.15, -0.1) is 0 Å². The number of benzene rings is 2. The molecule has 0 radical (unpaired) electrons. The Morgan fingerprint density at radius 2 is 2.00 bits per heavy atom.